The summed E-state index contributed by atoms with van der Waals surface area (Å²) in [5.41, 5.74) is 2.37. The first-order valence-electron chi connectivity index (χ1n) is 12.9. The van der Waals surface area contributed by atoms with E-state index in [1.165, 1.54) is 4.90 Å². The molecule has 0 aromatic heterocycles. The van der Waals surface area contributed by atoms with Crippen LogP contribution in [0.2, 0.25) is 0 Å². The standard InChI is InChI=1S/C30H35F2N3O4S/c1-21(2)18-33-30(37)28(16-23-8-6-5-7-9-23)34(19-24-12-10-22(3)11-13-24)29(36)20-35(40(4,38)39)25-14-15-26(31)27(32)17-25/h5-15,17,21,28H,16,18-20H2,1-4H3,(H,33,37). The van der Waals surface area contributed by atoms with Gasteiger partial charge in [0, 0.05) is 25.6 Å². The molecule has 0 heterocycles. The van der Waals surface area contributed by atoms with E-state index in [9.17, 15) is 26.8 Å². The molecule has 7 nitrogen and oxygen atoms in total. The second kappa shape index (κ2) is 13.5. The quantitative estimate of drug-likeness (QED) is 0.348. The molecule has 3 aromatic carbocycles. The molecule has 214 valence electrons. The van der Waals surface area contributed by atoms with Crippen LogP contribution in [0.3, 0.4) is 0 Å². The molecule has 1 atom stereocenters. The van der Waals surface area contributed by atoms with Crippen LogP contribution in [0, 0.1) is 24.5 Å². The molecule has 0 saturated carbocycles. The van der Waals surface area contributed by atoms with Gasteiger partial charge in [0.15, 0.2) is 11.6 Å². The van der Waals surface area contributed by atoms with E-state index < -0.39 is 40.2 Å². The molecule has 0 spiro atoms. The summed E-state index contributed by atoms with van der Waals surface area (Å²) < 4.78 is 53.8. The number of hydrogen-bond acceptors (Lipinski definition) is 4. The molecule has 0 radical (unpaired) electrons. The average Bonchev–Trinajstić information content (AvgIpc) is 2.90. The van der Waals surface area contributed by atoms with E-state index >= 15 is 0 Å². The summed E-state index contributed by atoms with van der Waals surface area (Å²) in [7, 11) is -4.08. The van der Waals surface area contributed by atoms with Crippen LogP contribution in [0.1, 0.15) is 30.5 Å². The van der Waals surface area contributed by atoms with Gasteiger partial charge in [-0.15, -0.1) is 0 Å². The third-order valence-corrected chi connectivity index (χ3v) is 7.44. The van der Waals surface area contributed by atoms with Gasteiger partial charge < -0.3 is 10.2 Å². The Kier molecular flexibility index (Phi) is 10.4. The predicted octanol–water partition coefficient (Wildman–Crippen LogP) is 4.45. The smallest absolute Gasteiger partial charge is 0.244 e. The van der Waals surface area contributed by atoms with Crippen molar-refractivity contribution >= 4 is 27.5 Å². The predicted molar refractivity (Wildman–Crippen MR) is 152 cm³/mol. The van der Waals surface area contributed by atoms with E-state index in [2.05, 4.69) is 5.32 Å². The number of carbonyl (C=O) groups excluding carboxylic acids is 2. The van der Waals surface area contributed by atoms with Crippen LogP contribution in [0.25, 0.3) is 0 Å². The highest BCUT2D eigenvalue weighted by Gasteiger charge is 2.33. The Hall–Kier alpha value is -3.79. The molecular formula is C30H35F2N3O4S. The topological polar surface area (TPSA) is 86.8 Å². The van der Waals surface area contributed by atoms with Gasteiger partial charge in [-0.05, 0) is 36.1 Å². The van der Waals surface area contributed by atoms with E-state index in [1.54, 1.807) is 0 Å². The highest BCUT2D eigenvalue weighted by molar-refractivity contribution is 7.92. The van der Waals surface area contributed by atoms with Gasteiger partial charge in [-0.2, -0.15) is 0 Å². The molecular weight excluding hydrogens is 536 g/mol. The van der Waals surface area contributed by atoms with Crippen molar-refractivity contribution in [2.45, 2.75) is 39.8 Å². The van der Waals surface area contributed by atoms with Crippen LogP contribution in [-0.4, -0.2) is 50.5 Å². The lowest BCUT2D eigenvalue weighted by Gasteiger charge is -2.33. The number of rotatable bonds is 12. The minimum absolute atomic E-state index is 0.0289. The maximum absolute atomic E-state index is 14.0. The molecule has 3 aromatic rings. The first-order valence-corrected chi connectivity index (χ1v) is 14.8. The van der Waals surface area contributed by atoms with Gasteiger partial charge in [-0.25, -0.2) is 17.2 Å². The molecule has 10 heteroatoms. The van der Waals surface area contributed by atoms with Gasteiger partial charge >= 0.3 is 0 Å². The number of aryl methyl sites for hydroxylation is 1. The summed E-state index contributed by atoms with van der Waals surface area (Å²) in [6, 6.07) is 18.3. The zero-order valence-electron chi connectivity index (χ0n) is 23.1. The zero-order chi connectivity index (χ0) is 29.4. The Bertz CT molecular complexity index is 1410. The third kappa shape index (κ3) is 8.61. The lowest BCUT2D eigenvalue weighted by atomic mass is 10.0. The molecule has 0 saturated heterocycles. The zero-order valence-corrected chi connectivity index (χ0v) is 23.9. The molecule has 1 N–H and O–H groups in total. The van der Waals surface area contributed by atoms with Gasteiger partial charge in [0.25, 0.3) is 0 Å². The number of hydrogen-bond donors (Lipinski definition) is 1. The van der Waals surface area contributed by atoms with Gasteiger partial charge in [0.1, 0.15) is 12.6 Å². The van der Waals surface area contributed by atoms with E-state index in [1.807, 2.05) is 75.4 Å². The summed E-state index contributed by atoms with van der Waals surface area (Å²) in [6.45, 7) is 5.54. The Balaban J connectivity index is 2.05. The van der Waals surface area contributed by atoms with Gasteiger partial charge in [-0.1, -0.05) is 74.0 Å². The third-order valence-electron chi connectivity index (χ3n) is 6.30. The Morgan fingerprint density at radius 2 is 1.55 bits per heavy atom. The maximum Gasteiger partial charge on any atom is 0.244 e. The first-order chi connectivity index (χ1) is 18.8. The van der Waals surface area contributed by atoms with Gasteiger partial charge in [0.05, 0.1) is 11.9 Å². The van der Waals surface area contributed by atoms with Crippen molar-refractivity contribution in [3.8, 4) is 0 Å². The van der Waals surface area contributed by atoms with Crippen molar-refractivity contribution in [2.75, 3.05) is 23.7 Å². The summed E-state index contributed by atoms with van der Waals surface area (Å²) in [5, 5.41) is 2.91. The number of amides is 2. The molecule has 0 aliphatic rings. The highest BCUT2D eigenvalue weighted by Crippen LogP contribution is 2.22. The Labute approximate surface area is 234 Å². The summed E-state index contributed by atoms with van der Waals surface area (Å²) in [4.78, 5) is 28.8. The van der Waals surface area contributed by atoms with Gasteiger partial charge in [-0.3, -0.25) is 13.9 Å². The molecule has 2 amide bonds. The molecule has 40 heavy (non-hydrogen) atoms. The number of sulfonamides is 1. The van der Waals surface area contributed by atoms with E-state index in [-0.39, 0.29) is 30.5 Å². The van der Waals surface area contributed by atoms with Crippen LogP contribution in [0.4, 0.5) is 14.5 Å². The van der Waals surface area contributed by atoms with Crippen molar-refractivity contribution in [2.24, 2.45) is 5.92 Å². The van der Waals surface area contributed by atoms with Crippen LogP contribution in [0.15, 0.2) is 72.8 Å². The molecule has 0 fully saturated rings. The van der Waals surface area contributed by atoms with E-state index in [0.29, 0.717) is 10.8 Å². The SMILES string of the molecule is Cc1ccc(CN(C(=O)CN(c2ccc(F)c(F)c2)S(C)(=O)=O)C(Cc2ccccc2)C(=O)NCC(C)C)cc1. The summed E-state index contributed by atoms with van der Waals surface area (Å²) in [6.07, 6.45) is 1.06. The minimum atomic E-state index is -4.08. The average molecular weight is 572 g/mol. The monoisotopic (exact) mass is 571 g/mol. The molecule has 0 bridgehead atoms. The van der Waals surface area contributed by atoms with Crippen molar-refractivity contribution in [1.29, 1.82) is 0 Å². The maximum atomic E-state index is 14.0. The Morgan fingerprint density at radius 3 is 2.12 bits per heavy atom. The number of halogens is 2. The molecule has 1 unspecified atom stereocenters. The van der Waals surface area contributed by atoms with Gasteiger partial charge in [0.2, 0.25) is 21.8 Å². The van der Waals surface area contributed by atoms with Crippen LogP contribution >= 0.6 is 0 Å². The lowest BCUT2D eigenvalue weighted by Crippen LogP contribution is -2.53. The second-order valence-electron chi connectivity index (χ2n) is 10.2. The number of carbonyl (C=O) groups is 2. The van der Waals surface area contributed by atoms with E-state index in [4.69, 9.17) is 0 Å². The Morgan fingerprint density at radius 1 is 0.900 bits per heavy atom. The largest absolute Gasteiger partial charge is 0.354 e. The minimum Gasteiger partial charge on any atom is -0.354 e. The van der Waals surface area contributed by atoms with Crippen LogP contribution < -0.4 is 9.62 Å². The summed E-state index contributed by atoms with van der Waals surface area (Å²) in [5.74, 6) is -3.27. The van der Waals surface area contributed by atoms with Crippen LogP contribution in [-0.2, 0) is 32.6 Å². The normalized spacial score (nSPS) is 12.2. The fourth-order valence-corrected chi connectivity index (χ4v) is 4.96. The van der Waals surface area contributed by atoms with Crippen molar-refractivity contribution in [3.05, 3.63) is 101 Å². The fraction of sp³-hybridized carbons (Fsp3) is 0.333. The first kappa shape index (κ1) is 30.7. The number of anilines is 1. The summed E-state index contributed by atoms with van der Waals surface area (Å²) >= 11 is 0. The molecule has 0 aliphatic carbocycles. The molecule has 0 aliphatic heterocycles. The lowest BCUT2D eigenvalue weighted by molar-refractivity contribution is -0.140. The number of nitrogens with zero attached hydrogens (tertiary/aromatic N) is 2. The highest BCUT2D eigenvalue weighted by atomic mass is 32.2. The fourth-order valence-electron chi connectivity index (χ4n) is 4.12. The molecule has 3 rings (SSSR count). The van der Waals surface area contributed by atoms with Crippen molar-refractivity contribution in [1.82, 2.24) is 10.2 Å². The number of benzene rings is 3. The van der Waals surface area contributed by atoms with Crippen LogP contribution in [0.5, 0.6) is 0 Å². The van der Waals surface area contributed by atoms with Crippen molar-refractivity contribution in [3.63, 3.8) is 0 Å². The van der Waals surface area contributed by atoms with E-state index in [0.717, 1.165) is 41.1 Å². The van der Waals surface area contributed by atoms with Crippen molar-refractivity contribution < 1.29 is 26.8 Å². The second-order valence-corrected chi connectivity index (χ2v) is 12.1. The number of nitrogens with one attached hydrogen (secondary N) is 1.